The lowest BCUT2D eigenvalue weighted by Crippen LogP contribution is -2.38. The van der Waals surface area contributed by atoms with Gasteiger partial charge in [-0.05, 0) is 30.3 Å². The van der Waals surface area contributed by atoms with Crippen LogP contribution < -0.4 is 16.4 Å². The summed E-state index contributed by atoms with van der Waals surface area (Å²) in [7, 11) is 0. The highest BCUT2D eigenvalue weighted by Crippen LogP contribution is 2.15. The van der Waals surface area contributed by atoms with Crippen LogP contribution in [-0.2, 0) is 11.3 Å². The Morgan fingerprint density at radius 1 is 1.13 bits per heavy atom. The molecular formula is C16H12BrN3O3. The summed E-state index contributed by atoms with van der Waals surface area (Å²) in [5, 5.41) is 2.70. The molecule has 7 heteroatoms. The van der Waals surface area contributed by atoms with E-state index in [4.69, 9.17) is 0 Å². The van der Waals surface area contributed by atoms with Gasteiger partial charge in [-0.3, -0.25) is 19.0 Å². The Balaban J connectivity index is 1.95. The van der Waals surface area contributed by atoms with Crippen molar-refractivity contribution < 1.29 is 4.79 Å². The van der Waals surface area contributed by atoms with Crippen molar-refractivity contribution in [1.82, 2.24) is 9.55 Å². The highest BCUT2D eigenvalue weighted by molar-refractivity contribution is 9.10. The van der Waals surface area contributed by atoms with Crippen molar-refractivity contribution in [2.45, 2.75) is 6.54 Å². The van der Waals surface area contributed by atoms with Crippen LogP contribution in [0.3, 0.4) is 0 Å². The number of nitrogens with one attached hydrogen (secondary N) is 2. The minimum absolute atomic E-state index is 0.240. The Morgan fingerprint density at radius 3 is 2.70 bits per heavy atom. The molecule has 0 unspecified atom stereocenters. The summed E-state index contributed by atoms with van der Waals surface area (Å²) in [6, 6.07) is 14.0. The minimum Gasteiger partial charge on any atom is -0.324 e. The van der Waals surface area contributed by atoms with Crippen molar-refractivity contribution in [1.29, 1.82) is 0 Å². The van der Waals surface area contributed by atoms with E-state index in [1.807, 2.05) is 6.07 Å². The second kappa shape index (κ2) is 6.21. The van der Waals surface area contributed by atoms with E-state index in [1.54, 1.807) is 42.5 Å². The van der Waals surface area contributed by atoms with E-state index in [2.05, 4.69) is 26.2 Å². The number of aromatic nitrogens is 2. The van der Waals surface area contributed by atoms with Crippen molar-refractivity contribution in [3.63, 3.8) is 0 Å². The summed E-state index contributed by atoms with van der Waals surface area (Å²) in [6.45, 7) is -0.240. The molecule has 0 fully saturated rings. The highest BCUT2D eigenvalue weighted by Gasteiger charge is 2.11. The van der Waals surface area contributed by atoms with E-state index in [9.17, 15) is 14.4 Å². The summed E-state index contributed by atoms with van der Waals surface area (Å²) in [4.78, 5) is 38.5. The van der Waals surface area contributed by atoms with Crippen molar-refractivity contribution in [3.8, 4) is 0 Å². The van der Waals surface area contributed by atoms with Crippen LogP contribution in [0.25, 0.3) is 11.0 Å². The SMILES string of the molecule is O=C(Cn1c(=O)c(=O)[nH]c2ccccc21)Nc1cccc(Br)c1. The van der Waals surface area contributed by atoms with E-state index >= 15 is 0 Å². The number of anilines is 1. The van der Waals surface area contributed by atoms with Crippen molar-refractivity contribution >= 4 is 38.6 Å². The third-order valence-corrected chi connectivity index (χ3v) is 3.79. The van der Waals surface area contributed by atoms with Crippen LogP contribution in [0.2, 0.25) is 0 Å². The molecule has 3 rings (SSSR count). The lowest BCUT2D eigenvalue weighted by molar-refractivity contribution is -0.116. The first-order valence-electron chi connectivity index (χ1n) is 6.82. The number of hydrogen-bond acceptors (Lipinski definition) is 3. The molecule has 2 aromatic carbocycles. The molecule has 2 N–H and O–H groups in total. The number of aromatic amines is 1. The van der Waals surface area contributed by atoms with Crippen molar-refractivity contribution in [2.24, 2.45) is 0 Å². The Hall–Kier alpha value is -2.67. The smallest absolute Gasteiger partial charge is 0.317 e. The van der Waals surface area contributed by atoms with E-state index in [-0.39, 0.29) is 12.5 Å². The minimum atomic E-state index is -0.756. The number of carbonyl (C=O) groups excluding carboxylic acids is 1. The second-order valence-corrected chi connectivity index (χ2v) is 5.84. The van der Waals surface area contributed by atoms with E-state index in [1.165, 1.54) is 4.57 Å². The number of fused-ring (bicyclic) bond motifs is 1. The third kappa shape index (κ3) is 3.24. The molecule has 0 radical (unpaired) electrons. The zero-order chi connectivity index (χ0) is 16.4. The third-order valence-electron chi connectivity index (χ3n) is 3.29. The summed E-state index contributed by atoms with van der Waals surface area (Å²) < 4.78 is 2.00. The van der Waals surface area contributed by atoms with Gasteiger partial charge in [0.25, 0.3) is 0 Å². The van der Waals surface area contributed by atoms with Gasteiger partial charge in [-0.2, -0.15) is 0 Å². The Bertz CT molecular complexity index is 1010. The topological polar surface area (TPSA) is 84.0 Å². The largest absolute Gasteiger partial charge is 0.324 e. The number of carbonyl (C=O) groups is 1. The molecule has 1 amide bonds. The molecule has 0 aliphatic rings. The second-order valence-electron chi connectivity index (χ2n) is 4.92. The van der Waals surface area contributed by atoms with E-state index in [0.29, 0.717) is 16.7 Å². The van der Waals surface area contributed by atoms with Crippen LogP contribution in [0.1, 0.15) is 0 Å². The fraction of sp³-hybridized carbons (Fsp3) is 0.0625. The number of hydrogen-bond donors (Lipinski definition) is 2. The first kappa shape index (κ1) is 15.2. The molecule has 0 atom stereocenters. The molecule has 116 valence electrons. The molecule has 0 spiro atoms. The average molecular weight is 374 g/mol. The monoisotopic (exact) mass is 373 g/mol. The number of halogens is 1. The van der Waals surface area contributed by atoms with Gasteiger partial charge in [0.15, 0.2) is 0 Å². The van der Waals surface area contributed by atoms with Gasteiger partial charge in [0.05, 0.1) is 11.0 Å². The van der Waals surface area contributed by atoms with Gasteiger partial charge in [0.1, 0.15) is 6.54 Å². The quantitative estimate of drug-likeness (QED) is 0.689. The molecular weight excluding hydrogens is 362 g/mol. The lowest BCUT2D eigenvalue weighted by Gasteiger charge is -2.10. The molecule has 0 bridgehead atoms. The predicted molar refractivity (Wildman–Crippen MR) is 91.6 cm³/mol. The van der Waals surface area contributed by atoms with Crippen LogP contribution in [0.4, 0.5) is 5.69 Å². The fourth-order valence-electron chi connectivity index (χ4n) is 2.29. The molecule has 0 saturated heterocycles. The molecule has 3 aromatic rings. The number of benzene rings is 2. The van der Waals surface area contributed by atoms with Crippen LogP contribution in [-0.4, -0.2) is 15.5 Å². The van der Waals surface area contributed by atoms with Crippen molar-refractivity contribution in [2.75, 3.05) is 5.32 Å². The Morgan fingerprint density at radius 2 is 1.91 bits per heavy atom. The van der Waals surface area contributed by atoms with E-state index in [0.717, 1.165) is 4.47 Å². The van der Waals surface area contributed by atoms with E-state index < -0.39 is 11.1 Å². The fourth-order valence-corrected chi connectivity index (χ4v) is 2.69. The van der Waals surface area contributed by atoms with Crippen LogP contribution in [0, 0.1) is 0 Å². The molecule has 23 heavy (non-hydrogen) atoms. The summed E-state index contributed by atoms with van der Waals surface area (Å²) in [5.74, 6) is -0.388. The lowest BCUT2D eigenvalue weighted by atomic mass is 10.3. The summed E-state index contributed by atoms with van der Waals surface area (Å²) >= 11 is 3.32. The van der Waals surface area contributed by atoms with Crippen LogP contribution >= 0.6 is 15.9 Å². The average Bonchev–Trinajstić information content (AvgIpc) is 2.52. The molecule has 1 heterocycles. The molecule has 0 saturated carbocycles. The summed E-state index contributed by atoms with van der Waals surface area (Å²) in [6.07, 6.45) is 0. The maximum Gasteiger partial charge on any atom is 0.317 e. The Labute approximate surface area is 138 Å². The predicted octanol–water partition coefficient (Wildman–Crippen LogP) is 2.09. The van der Waals surface area contributed by atoms with Gasteiger partial charge in [0, 0.05) is 10.2 Å². The standard InChI is InChI=1S/C16H12BrN3O3/c17-10-4-3-5-11(8-10)18-14(21)9-20-13-7-2-1-6-12(13)19-15(22)16(20)23/h1-8H,9H2,(H,18,21)(H,19,22). The number of nitrogens with zero attached hydrogens (tertiary/aromatic N) is 1. The van der Waals surface area contributed by atoms with Crippen molar-refractivity contribution in [3.05, 3.63) is 73.7 Å². The zero-order valence-corrected chi connectivity index (χ0v) is 13.5. The van der Waals surface area contributed by atoms with Crippen LogP contribution in [0.5, 0.6) is 0 Å². The normalized spacial score (nSPS) is 10.7. The van der Waals surface area contributed by atoms with Gasteiger partial charge in [0.2, 0.25) is 5.91 Å². The first-order valence-corrected chi connectivity index (χ1v) is 7.61. The van der Waals surface area contributed by atoms with Gasteiger partial charge in [-0.1, -0.05) is 34.1 Å². The first-order chi connectivity index (χ1) is 11.0. The zero-order valence-electron chi connectivity index (χ0n) is 11.9. The molecule has 0 aliphatic heterocycles. The highest BCUT2D eigenvalue weighted by atomic mass is 79.9. The Kier molecular flexibility index (Phi) is 4.12. The molecule has 1 aromatic heterocycles. The number of para-hydroxylation sites is 2. The number of amides is 1. The molecule has 0 aliphatic carbocycles. The van der Waals surface area contributed by atoms with Gasteiger partial charge in [-0.15, -0.1) is 0 Å². The maximum atomic E-state index is 12.2. The summed E-state index contributed by atoms with van der Waals surface area (Å²) in [5.41, 5.74) is 0.104. The van der Waals surface area contributed by atoms with Gasteiger partial charge >= 0.3 is 11.1 Å². The maximum absolute atomic E-state index is 12.2. The number of rotatable bonds is 3. The molecule has 6 nitrogen and oxygen atoms in total. The van der Waals surface area contributed by atoms with Gasteiger partial charge < -0.3 is 10.3 Å². The van der Waals surface area contributed by atoms with Gasteiger partial charge in [-0.25, -0.2) is 0 Å². The number of H-pyrrole nitrogens is 1. The van der Waals surface area contributed by atoms with Crippen LogP contribution in [0.15, 0.2) is 62.6 Å².